The Morgan fingerprint density at radius 3 is 1.96 bits per heavy atom. The van der Waals surface area contributed by atoms with Gasteiger partial charge in [-0.25, -0.2) is 4.79 Å². The van der Waals surface area contributed by atoms with Crippen LogP contribution >= 0.6 is 0 Å². The van der Waals surface area contributed by atoms with E-state index < -0.39 is 29.2 Å². The summed E-state index contributed by atoms with van der Waals surface area (Å²) in [5.41, 5.74) is 2.54. The summed E-state index contributed by atoms with van der Waals surface area (Å²) < 4.78 is 24.1. The largest absolute Gasteiger partial charge is 0.755 e. The molecule has 0 amide bonds. The first-order chi connectivity index (χ1) is 11.8. The van der Waals surface area contributed by atoms with Gasteiger partial charge in [0.2, 0.25) is 0 Å². The monoisotopic (exact) mass is 357 g/mol. The molecule has 0 heterocycles. The average Bonchev–Trinajstić information content (AvgIpc) is 2.59. The van der Waals surface area contributed by atoms with Crippen molar-refractivity contribution in [3.05, 3.63) is 54.1 Å². The SMILES string of the molecule is CC(C)C(C(=O)O)N(c1ccc(-c2ccc(C#N)cc2)cc1)S(=O)[O-]. The van der Waals surface area contributed by atoms with Crippen molar-refractivity contribution >= 4 is 22.9 Å². The topological polar surface area (TPSA) is 104 Å². The molecule has 2 unspecified atom stereocenters. The van der Waals surface area contributed by atoms with Crippen molar-refractivity contribution in [1.29, 1.82) is 5.26 Å². The second kappa shape index (κ2) is 7.92. The molecule has 0 aliphatic heterocycles. The van der Waals surface area contributed by atoms with Crippen molar-refractivity contribution in [2.24, 2.45) is 5.92 Å². The highest BCUT2D eigenvalue weighted by molar-refractivity contribution is 7.80. The van der Waals surface area contributed by atoms with Crippen LogP contribution in [-0.2, 0) is 16.1 Å². The predicted octanol–water partition coefficient (Wildman–Crippen LogP) is 2.93. The summed E-state index contributed by atoms with van der Waals surface area (Å²) in [4.78, 5) is 11.5. The Morgan fingerprint density at radius 2 is 1.60 bits per heavy atom. The molecule has 0 aliphatic carbocycles. The average molecular weight is 357 g/mol. The van der Waals surface area contributed by atoms with Gasteiger partial charge in [0, 0.05) is 17.0 Å². The normalized spacial score (nSPS) is 13.1. The summed E-state index contributed by atoms with van der Waals surface area (Å²) in [6, 6.07) is 14.4. The fraction of sp³-hybridized carbons (Fsp3) is 0.222. The minimum absolute atomic E-state index is 0.284. The van der Waals surface area contributed by atoms with Gasteiger partial charge < -0.3 is 9.66 Å². The molecule has 0 aromatic heterocycles. The Balaban J connectivity index is 2.36. The Kier molecular flexibility index (Phi) is 5.91. The van der Waals surface area contributed by atoms with Gasteiger partial charge in [-0.2, -0.15) is 5.26 Å². The zero-order valence-electron chi connectivity index (χ0n) is 13.7. The molecule has 7 heteroatoms. The Bertz CT molecular complexity index is 810. The molecule has 2 rings (SSSR count). The van der Waals surface area contributed by atoms with Crippen LogP contribution in [0, 0.1) is 17.2 Å². The summed E-state index contributed by atoms with van der Waals surface area (Å²) in [6.45, 7) is 3.31. The van der Waals surface area contributed by atoms with E-state index in [1.54, 1.807) is 62.4 Å². The molecule has 0 bridgehead atoms. The van der Waals surface area contributed by atoms with Crippen LogP contribution in [0.4, 0.5) is 5.69 Å². The minimum Gasteiger partial charge on any atom is -0.755 e. The van der Waals surface area contributed by atoms with Gasteiger partial charge in [-0.3, -0.25) is 8.51 Å². The molecule has 0 radical (unpaired) electrons. The van der Waals surface area contributed by atoms with E-state index in [0.717, 1.165) is 15.4 Å². The molecule has 0 spiro atoms. The van der Waals surface area contributed by atoms with Crippen molar-refractivity contribution in [2.45, 2.75) is 19.9 Å². The number of hydrogen-bond acceptors (Lipinski definition) is 4. The molecule has 2 aromatic rings. The number of nitrogens with zero attached hydrogens (tertiary/aromatic N) is 2. The maximum Gasteiger partial charge on any atom is 0.327 e. The summed E-state index contributed by atoms with van der Waals surface area (Å²) in [7, 11) is 0. The van der Waals surface area contributed by atoms with Crippen molar-refractivity contribution in [3.63, 3.8) is 0 Å². The predicted molar refractivity (Wildman–Crippen MR) is 94.3 cm³/mol. The lowest BCUT2D eigenvalue weighted by atomic mass is 10.0. The molecule has 1 N–H and O–H groups in total. The van der Waals surface area contributed by atoms with Gasteiger partial charge in [-0.1, -0.05) is 38.1 Å². The fourth-order valence-electron chi connectivity index (χ4n) is 2.53. The van der Waals surface area contributed by atoms with Crippen molar-refractivity contribution in [3.8, 4) is 17.2 Å². The van der Waals surface area contributed by atoms with E-state index in [1.165, 1.54) is 0 Å². The number of hydrogen-bond donors (Lipinski definition) is 1. The van der Waals surface area contributed by atoms with E-state index in [9.17, 15) is 18.7 Å². The molecule has 0 saturated carbocycles. The van der Waals surface area contributed by atoms with E-state index in [-0.39, 0.29) is 5.69 Å². The molecule has 25 heavy (non-hydrogen) atoms. The summed E-state index contributed by atoms with van der Waals surface area (Å²) in [5.74, 6) is -1.59. The lowest BCUT2D eigenvalue weighted by molar-refractivity contribution is -0.139. The van der Waals surface area contributed by atoms with E-state index in [4.69, 9.17) is 5.26 Å². The molecule has 2 atom stereocenters. The first-order valence-corrected chi connectivity index (χ1v) is 8.60. The van der Waals surface area contributed by atoms with E-state index in [2.05, 4.69) is 0 Å². The number of carboxylic acid groups (broad SMARTS) is 1. The molecule has 6 nitrogen and oxygen atoms in total. The molecule has 130 valence electrons. The molecular formula is C18H17N2O4S-. The van der Waals surface area contributed by atoms with Crippen molar-refractivity contribution in [1.82, 2.24) is 0 Å². The number of carbonyl (C=O) groups is 1. The fourth-order valence-corrected chi connectivity index (χ4v) is 3.35. The van der Waals surface area contributed by atoms with Crippen molar-refractivity contribution < 1.29 is 18.7 Å². The summed E-state index contributed by atoms with van der Waals surface area (Å²) in [6.07, 6.45) is 0. The summed E-state index contributed by atoms with van der Waals surface area (Å²) in [5, 5.41) is 18.2. The van der Waals surface area contributed by atoms with Crippen LogP contribution in [0.15, 0.2) is 48.5 Å². The van der Waals surface area contributed by atoms with E-state index in [0.29, 0.717) is 5.56 Å². The number of anilines is 1. The van der Waals surface area contributed by atoms with Crippen LogP contribution in [0.1, 0.15) is 19.4 Å². The second-order valence-corrected chi connectivity index (χ2v) is 6.63. The highest BCUT2D eigenvalue weighted by Gasteiger charge is 2.30. The number of benzene rings is 2. The quantitative estimate of drug-likeness (QED) is 0.800. The van der Waals surface area contributed by atoms with Gasteiger partial charge in [0.15, 0.2) is 0 Å². The van der Waals surface area contributed by atoms with Gasteiger partial charge in [-0.15, -0.1) is 0 Å². The van der Waals surface area contributed by atoms with E-state index in [1.807, 2.05) is 6.07 Å². The minimum atomic E-state index is -2.71. The van der Waals surface area contributed by atoms with Crippen LogP contribution in [0.5, 0.6) is 0 Å². The van der Waals surface area contributed by atoms with Crippen LogP contribution in [0.3, 0.4) is 0 Å². The Labute approximate surface area is 148 Å². The second-order valence-electron chi connectivity index (χ2n) is 5.81. The smallest absolute Gasteiger partial charge is 0.327 e. The first kappa shape index (κ1) is 18.6. The highest BCUT2D eigenvalue weighted by atomic mass is 32.2. The van der Waals surface area contributed by atoms with Crippen LogP contribution in [0.2, 0.25) is 0 Å². The molecule has 0 saturated heterocycles. The molecule has 0 fully saturated rings. The third-order valence-corrected chi connectivity index (χ3v) is 4.53. The zero-order valence-corrected chi connectivity index (χ0v) is 14.6. The maximum atomic E-state index is 11.6. The number of rotatable bonds is 6. The van der Waals surface area contributed by atoms with Gasteiger partial charge in [0.25, 0.3) is 0 Å². The zero-order chi connectivity index (χ0) is 18.6. The van der Waals surface area contributed by atoms with Crippen LogP contribution < -0.4 is 4.31 Å². The van der Waals surface area contributed by atoms with Gasteiger partial charge in [-0.05, 0) is 41.3 Å². The summed E-state index contributed by atoms with van der Waals surface area (Å²) >= 11 is -2.71. The third kappa shape index (κ3) is 4.24. The molecule has 2 aromatic carbocycles. The standard InChI is InChI=1S/C18H18N2O4S/c1-12(2)17(18(21)22)20(25(23)24)16-9-7-15(8-10-16)14-5-3-13(11-19)4-6-14/h3-10,12,17H,1-2H3,(H,21,22)(H,23,24)/p-1. The van der Waals surface area contributed by atoms with Gasteiger partial charge in [0.1, 0.15) is 6.04 Å². The Morgan fingerprint density at radius 1 is 1.12 bits per heavy atom. The van der Waals surface area contributed by atoms with Crippen molar-refractivity contribution in [2.75, 3.05) is 4.31 Å². The number of nitriles is 1. The van der Waals surface area contributed by atoms with Gasteiger partial charge >= 0.3 is 5.97 Å². The molecular weight excluding hydrogens is 340 g/mol. The number of carboxylic acids is 1. The first-order valence-electron chi connectivity index (χ1n) is 7.57. The van der Waals surface area contributed by atoms with Crippen LogP contribution in [0.25, 0.3) is 11.1 Å². The lowest BCUT2D eigenvalue weighted by Crippen LogP contribution is -2.45. The van der Waals surface area contributed by atoms with Gasteiger partial charge in [0.05, 0.1) is 11.6 Å². The third-order valence-electron chi connectivity index (χ3n) is 3.77. The lowest BCUT2D eigenvalue weighted by Gasteiger charge is -2.34. The highest BCUT2D eigenvalue weighted by Crippen LogP contribution is 2.27. The maximum absolute atomic E-state index is 11.6. The molecule has 0 aliphatic rings. The Hall–Kier alpha value is -2.69. The van der Waals surface area contributed by atoms with E-state index >= 15 is 0 Å². The van der Waals surface area contributed by atoms with Crippen LogP contribution in [-0.4, -0.2) is 25.9 Å². The number of aliphatic carboxylic acids is 1.